The van der Waals surface area contributed by atoms with Crippen molar-refractivity contribution in [1.82, 2.24) is 4.98 Å². The molecule has 1 unspecified atom stereocenters. The summed E-state index contributed by atoms with van der Waals surface area (Å²) >= 11 is 1.73. The zero-order valence-corrected chi connectivity index (χ0v) is 18.0. The van der Waals surface area contributed by atoms with Gasteiger partial charge in [0.1, 0.15) is 5.69 Å². The molecular weight excluding hydrogens is 372 g/mol. The first-order valence-electron chi connectivity index (χ1n) is 9.89. The molecule has 0 bridgehead atoms. The SMILES string of the molecule is CCC1CC=Nc2ccccc21.CSc1ccc(C#Cc2ccc(C)cn2)cc1. The summed E-state index contributed by atoms with van der Waals surface area (Å²) in [6.07, 6.45) is 8.25. The van der Waals surface area contributed by atoms with E-state index in [-0.39, 0.29) is 0 Å². The second-order valence-corrected chi connectivity index (χ2v) is 7.79. The minimum atomic E-state index is 0.693. The minimum absolute atomic E-state index is 0.693. The molecule has 29 heavy (non-hydrogen) atoms. The first-order chi connectivity index (χ1) is 14.2. The molecule has 1 aliphatic rings. The summed E-state index contributed by atoms with van der Waals surface area (Å²) in [5.74, 6) is 6.86. The van der Waals surface area contributed by atoms with E-state index in [1.54, 1.807) is 11.8 Å². The van der Waals surface area contributed by atoms with Crippen molar-refractivity contribution >= 4 is 23.7 Å². The van der Waals surface area contributed by atoms with E-state index in [1.165, 1.54) is 16.9 Å². The number of aryl methyl sites for hydroxylation is 1. The molecule has 1 aliphatic heterocycles. The number of benzene rings is 2. The van der Waals surface area contributed by atoms with Gasteiger partial charge in [0.15, 0.2) is 0 Å². The van der Waals surface area contributed by atoms with E-state index in [1.807, 2.05) is 49.7 Å². The molecule has 0 radical (unpaired) electrons. The highest BCUT2D eigenvalue weighted by atomic mass is 32.2. The molecule has 1 aromatic heterocycles. The van der Waals surface area contributed by atoms with Gasteiger partial charge in [0.05, 0.1) is 5.69 Å². The Morgan fingerprint density at radius 1 is 1.00 bits per heavy atom. The van der Waals surface area contributed by atoms with Crippen molar-refractivity contribution in [3.63, 3.8) is 0 Å². The van der Waals surface area contributed by atoms with Crippen LogP contribution in [0.1, 0.15) is 48.1 Å². The molecule has 146 valence electrons. The summed E-state index contributed by atoms with van der Waals surface area (Å²) in [6.45, 7) is 4.26. The first kappa shape index (κ1) is 20.9. The smallest absolute Gasteiger partial charge is 0.113 e. The largest absolute Gasteiger partial charge is 0.261 e. The molecular formula is C26H26N2S. The number of hydrogen-bond acceptors (Lipinski definition) is 3. The Balaban J connectivity index is 0.000000176. The number of hydrogen-bond donors (Lipinski definition) is 0. The van der Waals surface area contributed by atoms with Crippen molar-refractivity contribution in [1.29, 1.82) is 0 Å². The van der Waals surface area contributed by atoms with E-state index in [0.29, 0.717) is 5.92 Å². The summed E-state index contributed by atoms with van der Waals surface area (Å²) < 4.78 is 0. The lowest BCUT2D eigenvalue weighted by Gasteiger charge is -2.18. The van der Waals surface area contributed by atoms with Crippen LogP contribution in [-0.2, 0) is 0 Å². The number of pyridine rings is 1. The number of fused-ring (bicyclic) bond motifs is 1. The maximum absolute atomic E-state index is 4.37. The molecule has 2 aromatic carbocycles. The fourth-order valence-electron chi connectivity index (χ4n) is 3.09. The van der Waals surface area contributed by atoms with Crippen LogP contribution >= 0.6 is 11.8 Å². The molecule has 0 amide bonds. The number of nitrogens with zero attached hydrogens (tertiary/aromatic N) is 2. The lowest BCUT2D eigenvalue weighted by atomic mass is 9.91. The summed E-state index contributed by atoms with van der Waals surface area (Å²) in [4.78, 5) is 9.87. The van der Waals surface area contributed by atoms with Crippen LogP contribution in [0.4, 0.5) is 5.69 Å². The van der Waals surface area contributed by atoms with Crippen molar-refractivity contribution in [2.75, 3.05) is 6.26 Å². The Hall–Kier alpha value is -2.83. The van der Waals surface area contributed by atoms with Gasteiger partial charge < -0.3 is 0 Å². The number of aromatic nitrogens is 1. The second kappa shape index (κ2) is 10.6. The molecule has 0 saturated heterocycles. The van der Waals surface area contributed by atoms with Crippen molar-refractivity contribution in [2.45, 2.75) is 37.5 Å². The second-order valence-electron chi connectivity index (χ2n) is 6.91. The van der Waals surface area contributed by atoms with E-state index >= 15 is 0 Å². The van der Waals surface area contributed by atoms with Crippen LogP contribution in [0.5, 0.6) is 0 Å². The fourth-order valence-corrected chi connectivity index (χ4v) is 3.50. The van der Waals surface area contributed by atoms with Gasteiger partial charge in [-0.15, -0.1) is 11.8 Å². The van der Waals surface area contributed by atoms with Gasteiger partial charge in [0.2, 0.25) is 0 Å². The summed E-state index contributed by atoms with van der Waals surface area (Å²) in [6, 6.07) is 20.6. The Kier molecular flexibility index (Phi) is 7.67. The normalized spacial score (nSPS) is 14.1. The topological polar surface area (TPSA) is 25.2 Å². The standard InChI is InChI=1S/C15H13NS.C11H13N/c1-12-3-7-14(16-11-12)8-4-13-5-9-15(17-2)10-6-13;1-2-9-7-8-12-11-6-4-3-5-10(9)11/h3,5-7,9-11H,1-2H3;3-6,8-9H,2,7H2,1H3. The highest BCUT2D eigenvalue weighted by Gasteiger charge is 2.14. The fraction of sp³-hybridized carbons (Fsp3) is 0.231. The molecule has 0 aliphatic carbocycles. The van der Waals surface area contributed by atoms with Crippen molar-refractivity contribution < 1.29 is 0 Å². The molecule has 0 spiro atoms. The molecule has 2 nitrogen and oxygen atoms in total. The minimum Gasteiger partial charge on any atom is -0.261 e. The first-order valence-corrected chi connectivity index (χ1v) is 11.1. The summed E-state index contributed by atoms with van der Waals surface area (Å²) in [7, 11) is 0. The highest BCUT2D eigenvalue weighted by molar-refractivity contribution is 7.98. The Morgan fingerprint density at radius 3 is 2.48 bits per heavy atom. The Morgan fingerprint density at radius 2 is 1.79 bits per heavy atom. The van der Waals surface area contributed by atoms with Gasteiger partial charge in [-0.3, -0.25) is 4.99 Å². The molecule has 3 aromatic rings. The van der Waals surface area contributed by atoms with E-state index in [0.717, 1.165) is 28.9 Å². The third-order valence-electron chi connectivity index (χ3n) is 4.83. The maximum atomic E-state index is 4.37. The van der Waals surface area contributed by atoms with E-state index in [4.69, 9.17) is 0 Å². The van der Waals surface area contributed by atoms with Gasteiger partial charge in [-0.25, -0.2) is 4.98 Å². The summed E-state index contributed by atoms with van der Waals surface area (Å²) in [5.41, 5.74) is 5.56. The van der Waals surface area contributed by atoms with E-state index in [9.17, 15) is 0 Å². The van der Waals surface area contributed by atoms with Gasteiger partial charge in [0.25, 0.3) is 0 Å². The van der Waals surface area contributed by atoms with Crippen LogP contribution in [0.3, 0.4) is 0 Å². The Bertz CT molecular complexity index is 1010. The lowest BCUT2D eigenvalue weighted by Crippen LogP contribution is -2.02. The van der Waals surface area contributed by atoms with Crippen LogP contribution < -0.4 is 0 Å². The molecule has 4 rings (SSSR count). The van der Waals surface area contributed by atoms with Crippen LogP contribution in [0, 0.1) is 18.8 Å². The quantitative estimate of drug-likeness (QED) is 0.350. The van der Waals surface area contributed by atoms with E-state index in [2.05, 4.69) is 65.3 Å². The van der Waals surface area contributed by atoms with Crippen molar-refractivity contribution in [3.05, 3.63) is 89.2 Å². The molecule has 1 atom stereocenters. The van der Waals surface area contributed by atoms with Crippen LogP contribution in [0.25, 0.3) is 0 Å². The predicted octanol–water partition coefficient (Wildman–Crippen LogP) is 6.80. The number of para-hydroxylation sites is 1. The van der Waals surface area contributed by atoms with Gasteiger partial charge >= 0.3 is 0 Å². The molecule has 0 saturated carbocycles. The highest BCUT2D eigenvalue weighted by Crippen LogP contribution is 2.33. The zero-order valence-electron chi connectivity index (χ0n) is 17.2. The monoisotopic (exact) mass is 398 g/mol. The zero-order chi connectivity index (χ0) is 20.5. The van der Waals surface area contributed by atoms with Gasteiger partial charge in [-0.05, 0) is 85.4 Å². The van der Waals surface area contributed by atoms with Crippen LogP contribution in [0.2, 0.25) is 0 Å². The van der Waals surface area contributed by atoms with Crippen LogP contribution in [0.15, 0.2) is 76.7 Å². The maximum Gasteiger partial charge on any atom is 0.113 e. The molecule has 0 N–H and O–H groups in total. The van der Waals surface area contributed by atoms with E-state index < -0.39 is 0 Å². The number of aliphatic imine (C=N–C) groups is 1. The van der Waals surface area contributed by atoms with Gasteiger partial charge in [-0.1, -0.05) is 37.1 Å². The number of rotatable bonds is 2. The summed E-state index contributed by atoms with van der Waals surface area (Å²) in [5, 5.41) is 0. The molecule has 3 heteroatoms. The van der Waals surface area contributed by atoms with Gasteiger partial charge in [0, 0.05) is 22.9 Å². The lowest BCUT2D eigenvalue weighted by molar-refractivity contribution is 0.690. The third kappa shape index (κ3) is 6.07. The van der Waals surface area contributed by atoms with Crippen LogP contribution in [-0.4, -0.2) is 17.5 Å². The van der Waals surface area contributed by atoms with Gasteiger partial charge in [-0.2, -0.15) is 0 Å². The number of thioether (sulfide) groups is 1. The molecule has 0 fully saturated rings. The average molecular weight is 399 g/mol. The molecule has 2 heterocycles. The Labute approximate surface area is 178 Å². The predicted molar refractivity (Wildman–Crippen MR) is 125 cm³/mol. The average Bonchev–Trinajstić information content (AvgIpc) is 2.79. The van der Waals surface area contributed by atoms with Crippen molar-refractivity contribution in [3.8, 4) is 11.8 Å². The van der Waals surface area contributed by atoms with Crippen molar-refractivity contribution in [2.24, 2.45) is 4.99 Å². The third-order valence-corrected chi connectivity index (χ3v) is 5.57.